The van der Waals surface area contributed by atoms with Crippen LogP contribution in [0, 0.1) is 0 Å². The van der Waals surface area contributed by atoms with Crippen molar-refractivity contribution in [1.29, 1.82) is 0 Å². The summed E-state index contributed by atoms with van der Waals surface area (Å²) in [5.41, 5.74) is 5.59. The van der Waals surface area contributed by atoms with Gasteiger partial charge in [-0.25, -0.2) is 8.42 Å². The van der Waals surface area contributed by atoms with E-state index in [0.29, 0.717) is 11.7 Å². The molecule has 98 valence electrons. The van der Waals surface area contributed by atoms with Crippen LogP contribution in [-0.2, 0) is 15.3 Å². The molecular formula is C10H19N3O3S. The average Bonchev–Trinajstić information content (AvgIpc) is 2.60. The van der Waals surface area contributed by atoms with Crippen molar-refractivity contribution in [2.45, 2.75) is 38.6 Å². The fraction of sp³-hybridized carbons (Fsp3) is 0.800. The number of hydrogen-bond donors (Lipinski definition) is 1. The molecule has 0 spiro atoms. The molecule has 1 aromatic rings. The van der Waals surface area contributed by atoms with Crippen molar-refractivity contribution in [2.24, 2.45) is 5.73 Å². The van der Waals surface area contributed by atoms with E-state index < -0.39 is 15.9 Å². The maximum Gasteiger partial charge on any atom is 0.243 e. The Labute approximate surface area is 102 Å². The second-order valence-corrected chi connectivity index (χ2v) is 7.49. The molecule has 7 heteroatoms. The molecular weight excluding hydrogens is 242 g/mol. The maximum absolute atomic E-state index is 11.0. The molecule has 17 heavy (non-hydrogen) atoms. The van der Waals surface area contributed by atoms with Crippen LogP contribution in [0.25, 0.3) is 0 Å². The zero-order valence-corrected chi connectivity index (χ0v) is 11.4. The quantitative estimate of drug-likeness (QED) is 0.860. The summed E-state index contributed by atoms with van der Waals surface area (Å²) in [7, 11) is -3.02. The standard InChI is InChI=1S/C10H19N3O3S/c1-10(2,3)9-12-8(16-13-9)7(11)5-6-17(4,14)15/h7H,5-6,11H2,1-4H3. The van der Waals surface area contributed by atoms with E-state index >= 15 is 0 Å². The first-order valence-corrected chi connectivity index (χ1v) is 7.43. The van der Waals surface area contributed by atoms with Gasteiger partial charge in [0.25, 0.3) is 0 Å². The second-order valence-electron chi connectivity index (χ2n) is 5.23. The normalized spacial score (nSPS) is 14.9. The molecule has 0 fully saturated rings. The fourth-order valence-electron chi connectivity index (χ4n) is 1.15. The van der Waals surface area contributed by atoms with Crippen molar-refractivity contribution < 1.29 is 12.9 Å². The Morgan fingerprint density at radius 2 is 2.00 bits per heavy atom. The van der Waals surface area contributed by atoms with Gasteiger partial charge in [0.05, 0.1) is 11.8 Å². The highest BCUT2D eigenvalue weighted by Crippen LogP contribution is 2.21. The van der Waals surface area contributed by atoms with Crippen LogP contribution in [0.3, 0.4) is 0 Å². The molecule has 6 nitrogen and oxygen atoms in total. The van der Waals surface area contributed by atoms with Gasteiger partial charge < -0.3 is 10.3 Å². The van der Waals surface area contributed by atoms with E-state index in [4.69, 9.17) is 10.3 Å². The summed E-state index contributed by atoms with van der Waals surface area (Å²) in [5, 5.41) is 3.84. The minimum absolute atomic E-state index is 0.0153. The van der Waals surface area contributed by atoms with Crippen molar-refractivity contribution in [1.82, 2.24) is 10.1 Å². The van der Waals surface area contributed by atoms with E-state index in [0.717, 1.165) is 0 Å². The minimum atomic E-state index is -3.02. The summed E-state index contributed by atoms with van der Waals surface area (Å²) in [6.07, 6.45) is 1.46. The SMILES string of the molecule is CC(C)(C)c1noc(C(N)CCS(C)(=O)=O)n1. The first kappa shape index (κ1) is 14.1. The van der Waals surface area contributed by atoms with E-state index in [-0.39, 0.29) is 17.6 Å². The topological polar surface area (TPSA) is 99.1 Å². The van der Waals surface area contributed by atoms with Gasteiger partial charge >= 0.3 is 0 Å². The molecule has 0 aliphatic heterocycles. The van der Waals surface area contributed by atoms with Gasteiger partial charge in [-0.3, -0.25) is 0 Å². The zero-order valence-electron chi connectivity index (χ0n) is 10.6. The van der Waals surface area contributed by atoms with Crippen LogP contribution in [0.1, 0.15) is 44.9 Å². The molecule has 0 amide bonds. The number of sulfone groups is 1. The highest BCUT2D eigenvalue weighted by atomic mass is 32.2. The minimum Gasteiger partial charge on any atom is -0.338 e. The monoisotopic (exact) mass is 261 g/mol. The van der Waals surface area contributed by atoms with Gasteiger partial charge in [0.15, 0.2) is 5.82 Å². The molecule has 0 aliphatic rings. The largest absolute Gasteiger partial charge is 0.338 e. The third-order valence-corrected chi connectivity index (χ3v) is 3.21. The fourth-order valence-corrected chi connectivity index (χ4v) is 1.84. The summed E-state index contributed by atoms with van der Waals surface area (Å²) in [6, 6.07) is -0.534. The molecule has 0 bridgehead atoms. The van der Waals surface area contributed by atoms with Crippen LogP contribution >= 0.6 is 0 Å². The summed E-state index contributed by atoms with van der Waals surface area (Å²) >= 11 is 0. The molecule has 0 aromatic carbocycles. The Morgan fingerprint density at radius 3 is 2.41 bits per heavy atom. The zero-order chi connectivity index (χ0) is 13.3. The molecule has 0 saturated carbocycles. The predicted molar refractivity (Wildman–Crippen MR) is 64.3 cm³/mol. The van der Waals surface area contributed by atoms with Crippen LogP contribution in [0.4, 0.5) is 0 Å². The van der Waals surface area contributed by atoms with E-state index in [2.05, 4.69) is 10.1 Å². The Bertz CT molecular complexity index is 473. The second kappa shape index (κ2) is 4.73. The van der Waals surface area contributed by atoms with Crippen LogP contribution < -0.4 is 5.73 Å². The third kappa shape index (κ3) is 4.43. The van der Waals surface area contributed by atoms with Gasteiger partial charge in [-0.05, 0) is 6.42 Å². The van der Waals surface area contributed by atoms with Crippen molar-refractivity contribution in [3.8, 4) is 0 Å². The van der Waals surface area contributed by atoms with Crippen LogP contribution in [0.5, 0.6) is 0 Å². The van der Waals surface area contributed by atoms with Crippen LogP contribution in [0.2, 0.25) is 0 Å². The molecule has 1 heterocycles. The van der Waals surface area contributed by atoms with Gasteiger partial charge in [-0.15, -0.1) is 0 Å². The molecule has 1 unspecified atom stereocenters. The van der Waals surface area contributed by atoms with Crippen LogP contribution in [0.15, 0.2) is 4.52 Å². The Morgan fingerprint density at radius 1 is 1.41 bits per heavy atom. The number of rotatable bonds is 4. The highest BCUT2D eigenvalue weighted by molar-refractivity contribution is 7.90. The lowest BCUT2D eigenvalue weighted by molar-refractivity contribution is 0.342. The van der Waals surface area contributed by atoms with Crippen molar-refractivity contribution in [3.05, 3.63) is 11.7 Å². The van der Waals surface area contributed by atoms with E-state index in [1.807, 2.05) is 20.8 Å². The van der Waals surface area contributed by atoms with E-state index in [9.17, 15) is 8.42 Å². The van der Waals surface area contributed by atoms with Crippen molar-refractivity contribution in [2.75, 3.05) is 12.0 Å². The van der Waals surface area contributed by atoms with Gasteiger partial charge in [0.2, 0.25) is 5.89 Å². The van der Waals surface area contributed by atoms with Crippen molar-refractivity contribution >= 4 is 9.84 Å². The Balaban J connectivity index is 2.71. The Kier molecular flexibility index (Phi) is 3.93. The van der Waals surface area contributed by atoms with Gasteiger partial charge in [0.1, 0.15) is 9.84 Å². The summed E-state index contributed by atoms with van der Waals surface area (Å²) in [5.74, 6) is 0.877. The van der Waals surface area contributed by atoms with Gasteiger partial charge in [-0.1, -0.05) is 25.9 Å². The van der Waals surface area contributed by atoms with E-state index in [1.54, 1.807) is 0 Å². The highest BCUT2D eigenvalue weighted by Gasteiger charge is 2.23. The third-order valence-electron chi connectivity index (χ3n) is 2.23. The van der Waals surface area contributed by atoms with Crippen LogP contribution in [-0.4, -0.2) is 30.6 Å². The molecule has 1 aromatic heterocycles. The predicted octanol–water partition coefficient (Wildman–Crippen LogP) is 0.802. The number of aromatic nitrogens is 2. The lowest BCUT2D eigenvalue weighted by Gasteiger charge is -2.11. The lowest BCUT2D eigenvalue weighted by atomic mass is 9.96. The molecule has 0 aliphatic carbocycles. The summed E-state index contributed by atoms with van der Waals surface area (Å²) in [4.78, 5) is 4.18. The molecule has 0 saturated heterocycles. The Hall–Kier alpha value is -0.950. The number of hydrogen-bond acceptors (Lipinski definition) is 6. The van der Waals surface area contributed by atoms with Crippen molar-refractivity contribution in [3.63, 3.8) is 0 Å². The van der Waals surface area contributed by atoms with Gasteiger partial charge in [0, 0.05) is 11.7 Å². The van der Waals surface area contributed by atoms with E-state index in [1.165, 1.54) is 6.26 Å². The number of nitrogens with zero attached hydrogens (tertiary/aromatic N) is 2. The summed E-state index contributed by atoms with van der Waals surface area (Å²) < 4.78 is 27.1. The molecule has 1 rings (SSSR count). The smallest absolute Gasteiger partial charge is 0.243 e. The summed E-state index contributed by atoms with van der Waals surface area (Å²) in [6.45, 7) is 5.89. The number of nitrogens with two attached hydrogens (primary N) is 1. The first-order chi connectivity index (χ1) is 7.59. The molecule has 1 atom stereocenters. The maximum atomic E-state index is 11.0. The first-order valence-electron chi connectivity index (χ1n) is 5.37. The molecule has 0 radical (unpaired) electrons. The average molecular weight is 261 g/mol. The lowest BCUT2D eigenvalue weighted by Crippen LogP contribution is -2.17. The molecule has 2 N–H and O–H groups in total. The van der Waals surface area contributed by atoms with Gasteiger partial charge in [-0.2, -0.15) is 4.98 Å².